The van der Waals surface area contributed by atoms with E-state index in [1.165, 1.54) is 23.0 Å². The second kappa shape index (κ2) is 11.4. The van der Waals surface area contributed by atoms with Gasteiger partial charge in [-0.15, -0.1) is 0 Å². The molecular weight excluding hydrogens is 576 g/mol. The number of fused-ring (bicyclic) bond motifs is 1. The highest BCUT2D eigenvalue weighted by Crippen LogP contribution is 2.37. The Bertz CT molecular complexity index is 1610. The lowest BCUT2D eigenvalue weighted by atomic mass is 9.95. The Morgan fingerprint density at radius 2 is 1.87 bits per heavy atom. The molecule has 3 aromatic rings. The molecule has 1 atom stereocenters. The maximum absolute atomic E-state index is 13.8. The highest BCUT2D eigenvalue weighted by Gasteiger charge is 2.34. The molecule has 0 saturated carbocycles. The van der Waals surface area contributed by atoms with Crippen LogP contribution in [-0.4, -0.2) is 43.1 Å². The number of hydrogen-bond donors (Lipinski definition) is 1. The van der Waals surface area contributed by atoms with Gasteiger partial charge in [0.15, 0.2) is 27.8 Å². The van der Waals surface area contributed by atoms with Gasteiger partial charge >= 0.3 is 5.97 Å². The molecule has 0 amide bonds. The quantitative estimate of drug-likeness (QED) is 0.392. The number of thiazole rings is 1. The number of aromatic hydroxyl groups is 1. The lowest BCUT2D eigenvalue weighted by molar-refractivity contribution is -0.139. The number of esters is 1. The number of nitrogens with zero attached hydrogens (tertiary/aromatic N) is 2. The highest BCUT2D eigenvalue weighted by atomic mass is 79.9. The van der Waals surface area contributed by atoms with Crippen LogP contribution in [0.1, 0.15) is 37.9 Å². The zero-order chi connectivity index (χ0) is 27.6. The molecule has 4 rings (SSSR count). The molecule has 2 heterocycles. The van der Waals surface area contributed by atoms with Crippen LogP contribution in [0.4, 0.5) is 0 Å². The molecule has 0 unspecified atom stereocenters. The third-order valence-electron chi connectivity index (χ3n) is 5.89. The van der Waals surface area contributed by atoms with Crippen LogP contribution in [0.3, 0.4) is 0 Å². The van der Waals surface area contributed by atoms with Gasteiger partial charge in [0.25, 0.3) is 5.56 Å². The van der Waals surface area contributed by atoms with Crippen LogP contribution < -0.4 is 29.1 Å². The van der Waals surface area contributed by atoms with E-state index in [0.717, 1.165) is 0 Å². The van der Waals surface area contributed by atoms with Gasteiger partial charge in [0.05, 0.1) is 53.8 Å². The van der Waals surface area contributed by atoms with Gasteiger partial charge in [0.2, 0.25) is 0 Å². The van der Waals surface area contributed by atoms with E-state index >= 15 is 0 Å². The zero-order valence-corrected chi connectivity index (χ0v) is 23.9. The molecule has 1 aromatic heterocycles. The van der Waals surface area contributed by atoms with E-state index in [9.17, 15) is 14.7 Å². The van der Waals surface area contributed by atoms with Crippen LogP contribution in [0.5, 0.6) is 23.0 Å². The van der Waals surface area contributed by atoms with Crippen molar-refractivity contribution in [3.63, 3.8) is 0 Å². The van der Waals surface area contributed by atoms with Crippen molar-refractivity contribution in [2.75, 3.05) is 27.4 Å². The fourth-order valence-corrected chi connectivity index (χ4v) is 5.73. The SMILES string of the molecule is CCOC(=O)C1=C(C)N=c2s/c(=C\c3cc(Br)c(O)c(OC)c3)c(=O)n2[C@H]1c1ccc(OC)c(OCC)c1. The molecule has 1 aliphatic heterocycles. The third kappa shape index (κ3) is 5.08. The van der Waals surface area contributed by atoms with Crippen molar-refractivity contribution in [2.24, 2.45) is 4.99 Å². The summed E-state index contributed by atoms with van der Waals surface area (Å²) in [5.74, 6) is 0.708. The molecule has 1 N–H and O–H groups in total. The van der Waals surface area contributed by atoms with Gasteiger partial charge in [0.1, 0.15) is 0 Å². The topological polar surface area (TPSA) is 109 Å². The Morgan fingerprint density at radius 1 is 1.13 bits per heavy atom. The van der Waals surface area contributed by atoms with E-state index in [-0.39, 0.29) is 29.2 Å². The second-order valence-corrected chi connectivity index (χ2v) is 10.1. The average molecular weight is 603 g/mol. The van der Waals surface area contributed by atoms with Crippen molar-refractivity contribution in [1.82, 2.24) is 4.57 Å². The van der Waals surface area contributed by atoms with Gasteiger partial charge in [-0.2, -0.15) is 0 Å². The highest BCUT2D eigenvalue weighted by molar-refractivity contribution is 9.10. The van der Waals surface area contributed by atoms with Crippen molar-refractivity contribution < 1.29 is 28.8 Å². The molecule has 0 saturated heterocycles. The number of halogens is 1. The van der Waals surface area contributed by atoms with Crippen molar-refractivity contribution in [3.8, 4) is 23.0 Å². The lowest BCUT2D eigenvalue weighted by Crippen LogP contribution is -2.40. The van der Waals surface area contributed by atoms with Crippen LogP contribution in [0.2, 0.25) is 0 Å². The Morgan fingerprint density at radius 3 is 2.53 bits per heavy atom. The lowest BCUT2D eigenvalue weighted by Gasteiger charge is -2.25. The number of hydrogen-bond acceptors (Lipinski definition) is 9. The molecule has 38 heavy (non-hydrogen) atoms. The summed E-state index contributed by atoms with van der Waals surface area (Å²) in [6, 6.07) is 7.82. The van der Waals surface area contributed by atoms with Gasteiger partial charge in [-0.1, -0.05) is 17.4 Å². The predicted molar refractivity (Wildman–Crippen MR) is 147 cm³/mol. The maximum Gasteiger partial charge on any atom is 0.338 e. The van der Waals surface area contributed by atoms with Gasteiger partial charge in [0, 0.05) is 0 Å². The third-order valence-corrected chi connectivity index (χ3v) is 7.48. The van der Waals surface area contributed by atoms with Crippen molar-refractivity contribution in [2.45, 2.75) is 26.8 Å². The summed E-state index contributed by atoms with van der Waals surface area (Å²) in [6.07, 6.45) is 1.69. The first-order valence-corrected chi connectivity index (χ1v) is 13.4. The Balaban J connectivity index is 1.97. The molecule has 0 spiro atoms. The molecular formula is C27H27BrN2O7S. The first-order chi connectivity index (χ1) is 18.2. The Hall–Kier alpha value is -3.57. The van der Waals surface area contributed by atoms with E-state index < -0.39 is 12.0 Å². The van der Waals surface area contributed by atoms with Crippen LogP contribution in [0, 0.1) is 0 Å². The summed E-state index contributed by atoms with van der Waals surface area (Å²) in [5.41, 5.74) is 1.69. The number of carbonyl (C=O) groups excluding carboxylic acids is 1. The summed E-state index contributed by atoms with van der Waals surface area (Å²) >= 11 is 4.51. The predicted octanol–water partition coefficient (Wildman–Crippen LogP) is 3.68. The van der Waals surface area contributed by atoms with Crippen molar-refractivity contribution >= 4 is 39.3 Å². The summed E-state index contributed by atoms with van der Waals surface area (Å²) in [7, 11) is 3.00. The zero-order valence-electron chi connectivity index (χ0n) is 21.5. The molecule has 0 aliphatic carbocycles. The number of allylic oxidation sites excluding steroid dienone is 1. The van der Waals surface area contributed by atoms with E-state index in [1.54, 1.807) is 57.4 Å². The van der Waals surface area contributed by atoms with E-state index in [4.69, 9.17) is 18.9 Å². The van der Waals surface area contributed by atoms with E-state index in [2.05, 4.69) is 20.9 Å². The average Bonchev–Trinajstić information content (AvgIpc) is 3.19. The van der Waals surface area contributed by atoms with E-state index in [0.29, 0.717) is 48.7 Å². The largest absolute Gasteiger partial charge is 0.503 e. The molecule has 1 aliphatic rings. The molecule has 9 nitrogen and oxygen atoms in total. The van der Waals surface area contributed by atoms with Crippen LogP contribution in [-0.2, 0) is 9.53 Å². The Kier molecular flexibility index (Phi) is 8.27. The molecule has 2 aromatic carbocycles. The van der Waals surface area contributed by atoms with Crippen molar-refractivity contribution in [3.05, 3.63) is 76.9 Å². The first kappa shape index (κ1) is 27.5. The number of methoxy groups -OCH3 is 2. The molecule has 0 radical (unpaired) electrons. The van der Waals surface area contributed by atoms with Crippen LogP contribution >= 0.6 is 27.3 Å². The van der Waals surface area contributed by atoms with Crippen LogP contribution in [0.15, 0.2) is 55.9 Å². The smallest absolute Gasteiger partial charge is 0.338 e. The van der Waals surface area contributed by atoms with Gasteiger partial charge in [-0.05, 0) is 78.2 Å². The number of benzene rings is 2. The van der Waals surface area contributed by atoms with Crippen molar-refractivity contribution in [1.29, 1.82) is 0 Å². The summed E-state index contributed by atoms with van der Waals surface area (Å²) in [4.78, 5) is 32.0. The number of phenols is 1. The standard InChI is InChI=1S/C27H27BrN2O7S/c1-6-36-19-13-16(8-9-18(19)34-4)23-22(26(33)37-7-2)14(3)29-27-30(23)25(32)21(38-27)12-15-10-17(28)24(31)20(11-15)35-5/h8-13,23,31H,6-7H2,1-5H3/b21-12-/t23-/m0/s1. The van der Waals surface area contributed by atoms with Crippen LogP contribution in [0.25, 0.3) is 6.08 Å². The normalized spacial score (nSPS) is 15.1. The minimum atomic E-state index is -0.793. The Labute approximate surface area is 231 Å². The second-order valence-electron chi connectivity index (χ2n) is 8.20. The monoisotopic (exact) mass is 602 g/mol. The molecule has 200 valence electrons. The van der Waals surface area contributed by atoms with Gasteiger partial charge in [-0.25, -0.2) is 9.79 Å². The summed E-state index contributed by atoms with van der Waals surface area (Å²) < 4.78 is 24.1. The number of carbonyl (C=O) groups is 1. The molecule has 0 bridgehead atoms. The molecule has 0 fully saturated rings. The number of ether oxygens (including phenoxy) is 4. The first-order valence-electron chi connectivity index (χ1n) is 11.8. The summed E-state index contributed by atoms with van der Waals surface area (Å²) in [5, 5.41) is 10.2. The minimum Gasteiger partial charge on any atom is -0.503 e. The fourth-order valence-electron chi connectivity index (χ4n) is 4.22. The molecule has 11 heteroatoms. The number of rotatable bonds is 8. The van der Waals surface area contributed by atoms with E-state index in [1.807, 2.05) is 6.92 Å². The number of aromatic nitrogens is 1. The summed E-state index contributed by atoms with van der Waals surface area (Å²) in [6.45, 7) is 5.90. The minimum absolute atomic E-state index is 0.0366. The van der Waals surface area contributed by atoms with Gasteiger partial charge in [-0.3, -0.25) is 9.36 Å². The van der Waals surface area contributed by atoms with Gasteiger partial charge < -0.3 is 24.1 Å². The fraction of sp³-hybridized carbons (Fsp3) is 0.296. The number of phenolic OH excluding ortho intramolecular Hbond substituents is 1. The maximum atomic E-state index is 13.8.